The molecule has 2 saturated heterocycles. The molecule has 7 nitrogen and oxygen atoms in total. The van der Waals surface area contributed by atoms with Crippen molar-refractivity contribution in [2.45, 2.75) is 25.2 Å². The second-order valence-corrected chi connectivity index (χ2v) is 7.03. The summed E-state index contributed by atoms with van der Waals surface area (Å²) in [5.74, 6) is 0.213. The maximum Gasteiger partial charge on any atom is 0.416 e. The first-order valence-electron chi connectivity index (χ1n) is 8.93. The van der Waals surface area contributed by atoms with Crippen LogP contribution >= 0.6 is 0 Å². The van der Waals surface area contributed by atoms with Crippen LogP contribution < -0.4 is 10.5 Å². The number of hydrogen-bond donors (Lipinski definition) is 0. The van der Waals surface area contributed by atoms with Gasteiger partial charge in [0.05, 0.1) is 11.6 Å². The maximum atomic E-state index is 13.0. The van der Waals surface area contributed by atoms with Gasteiger partial charge in [-0.3, -0.25) is 9.59 Å². The van der Waals surface area contributed by atoms with Crippen LogP contribution in [0.15, 0.2) is 41.5 Å². The molecule has 2 aromatic heterocycles. The summed E-state index contributed by atoms with van der Waals surface area (Å²) in [7, 11) is 0. The van der Waals surface area contributed by atoms with Crippen LogP contribution in [-0.4, -0.2) is 51.2 Å². The van der Waals surface area contributed by atoms with E-state index in [-0.39, 0.29) is 35.8 Å². The highest BCUT2D eigenvalue weighted by Gasteiger charge is 2.44. The molecule has 0 spiro atoms. The van der Waals surface area contributed by atoms with Crippen molar-refractivity contribution in [1.29, 1.82) is 0 Å². The van der Waals surface area contributed by atoms with Crippen molar-refractivity contribution in [2.75, 3.05) is 24.5 Å². The monoisotopic (exact) mass is 393 g/mol. The topological polar surface area (TPSA) is 71.3 Å². The van der Waals surface area contributed by atoms with Gasteiger partial charge in [0.15, 0.2) is 0 Å². The highest BCUT2D eigenvalue weighted by atomic mass is 19.4. The van der Waals surface area contributed by atoms with Crippen molar-refractivity contribution in [3.63, 3.8) is 0 Å². The minimum absolute atomic E-state index is 0.108. The number of carbonyl (C=O) groups is 1. The summed E-state index contributed by atoms with van der Waals surface area (Å²) in [5.41, 5.74) is -1.09. The molecule has 2 atom stereocenters. The fourth-order valence-corrected chi connectivity index (χ4v) is 3.95. The van der Waals surface area contributed by atoms with E-state index < -0.39 is 11.7 Å². The van der Waals surface area contributed by atoms with E-state index in [2.05, 4.69) is 10.1 Å². The number of anilines is 1. The smallest absolute Gasteiger partial charge is 0.354 e. The molecular weight excluding hydrogens is 375 g/mol. The molecule has 2 aliphatic heterocycles. The Morgan fingerprint density at radius 3 is 2.79 bits per heavy atom. The molecule has 148 valence electrons. The van der Waals surface area contributed by atoms with Gasteiger partial charge in [-0.1, -0.05) is 0 Å². The largest absolute Gasteiger partial charge is 0.416 e. The van der Waals surface area contributed by atoms with E-state index in [9.17, 15) is 22.8 Å². The zero-order chi connectivity index (χ0) is 19.9. The fourth-order valence-electron chi connectivity index (χ4n) is 3.95. The molecule has 0 radical (unpaired) electrons. The number of likely N-dealkylation sites (tertiary alicyclic amines) is 1. The van der Waals surface area contributed by atoms with Gasteiger partial charge in [-0.2, -0.15) is 18.3 Å². The third kappa shape index (κ3) is 3.46. The van der Waals surface area contributed by atoms with Gasteiger partial charge in [0, 0.05) is 44.0 Å². The predicted octanol–water partition coefficient (Wildman–Crippen LogP) is 1.39. The lowest BCUT2D eigenvalue weighted by atomic mass is 10.1. The molecule has 4 heterocycles. The van der Waals surface area contributed by atoms with Crippen molar-refractivity contribution < 1.29 is 18.0 Å². The normalized spacial score (nSPS) is 21.8. The summed E-state index contributed by atoms with van der Waals surface area (Å²) in [5, 5.41) is 3.90. The van der Waals surface area contributed by atoms with Crippen molar-refractivity contribution in [2.24, 2.45) is 5.92 Å². The summed E-state index contributed by atoms with van der Waals surface area (Å²) >= 11 is 0. The van der Waals surface area contributed by atoms with Crippen LogP contribution in [0.3, 0.4) is 0 Å². The standard InChI is InChI=1S/C18H18F3N5O2/c19-18(20,21)13-3-6-22-15(8-13)24-9-12-4-7-25(14(12)10-24)17(28)11-26-16(27)2-1-5-23-26/h1-3,5-6,8,12,14H,4,7,9-11H2. The first kappa shape index (κ1) is 18.5. The van der Waals surface area contributed by atoms with E-state index >= 15 is 0 Å². The number of alkyl halides is 3. The zero-order valence-corrected chi connectivity index (χ0v) is 14.8. The quantitative estimate of drug-likeness (QED) is 0.788. The van der Waals surface area contributed by atoms with Crippen LogP contribution in [0.25, 0.3) is 0 Å². The molecule has 2 aliphatic rings. The number of aromatic nitrogens is 3. The van der Waals surface area contributed by atoms with Crippen LogP contribution in [0.1, 0.15) is 12.0 Å². The minimum atomic E-state index is -4.43. The van der Waals surface area contributed by atoms with Gasteiger partial charge in [0.1, 0.15) is 12.4 Å². The molecule has 0 bridgehead atoms. The summed E-state index contributed by atoms with van der Waals surface area (Å²) in [6.07, 6.45) is -1.06. The molecule has 0 saturated carbocycles. The van der Waals surface area contributed by atoms with E-state index in [1.807, 2.05) is 0 Å². The average Bonchev–Trinajstić information content (AvgIpc) is 3.23. The molecule has 0 aromatic carbocycles. The number of amides is 1. The molecule has 0 N–H and O–H groups in total. The lowest BCUT2D eigenvalue weighted by Crippen LogP contribution is -2.43. The number of carbonyl (C=O) groups excluding carboxylic acids is 1. The Hall–Kier alpha value is -2.91. The number of hydrogen-bond acceptors (Lipinski definition) is 5. The third-order valence-corrected chi connectivity index (χ3v) is 5.34. The van der Waals surface area contributed by atoms with Gasteiger partial charge in [0.25, 0.3) is 5.56 Å². The minimum Gasteiger partial charge on any atom is -0.354 e. The lowest BCUT2D eigenvalue weighted by Gasteiger charge is -2.25. The van der Waals surface area contributed by atoms with Gasteiger partial charge in [-0.25, -0.2) is 9.67 Å². The Labute approximate surface area is 158 Å². The first-order chi connectivity index (χ1) is 13.3. The van der Waals surface area contributed by atoms with Crippen molar-refractivity contribution in [3.8, 4) is 0 Å². The summed E-state index contributed by atoms with van der Waals surface area (Å²) in [6, 6.07) is 4.72. The molecule has 10 heteroatoms. The molecule has 2 unspecified atom stereocenters. The van der Waals surface area contributed by atoms with E-state index in [0.29, 0.717) is 19.6 Å². The van der Waals surface area contributed by atoms with E-state index in [0.717, 1.165) is 29.4 Å². The van der Waals surface area contributed by atoms with Gasteiger partial charge in [-0.15, -0.1) is 0 Å². The van der Waals surface area contributed by atoms with Crippen LogP contribution in [0.5, 0.6) is 0 Å². The maximum absolute atomic E-state index is 13.0. The summed E-state index contributed by atoms with van der Waals surface area (Å²) in [6.45, 7) is 1.39. The Kier molecular flexibility index (Phi) is 4.56. The Bertz CT molecular complexity index is 945. The molecule has 1 amide bonds. The number of rotatable bonds is 3. The van der Waals surface area contributed by atoms with Crippen molar-refractivity contribution >= 4 is 11.7 Å². The SMILES string of the molecule is O=C(Cn1ncccc1=O)N1CCC2CN(c3cc(C(F)(F)F)ccn3)CC21. The Morgan fingerprint density at radius 2 is 2.04 bits per heavy atom. The summed E-state index contributed by atoms with van der Waals surface area (Å²) in [4.78, 5) is 32.0. The number of halogens is 3. The van der Waals surface area contributed by atoms with Gasteiger partial charge in [0.2, 0.25) is 5.91 Å². The average molecular weight is 393 g/mol. The third-order valence-electron chi connectivity index (χ3n) is 5.34. The number of pyridine rings is 1. The van der Waals surface area contributed by atoms with Gasteiger partial charge < -0.3 is 9.80 Å². The van der Waals surface area contributed by atoms with E-state index in [4.69, 9.17) is 0 Å². The molecular formula is C18H18F3N5O2. The van der Waals surface area contributed by atoms with Gasteiger partial charge in [-0.05, 0) is 24.6 Å². The first-order valence-corrected chi connectivity index (χ1v) is 8.93. The Morgan fingerprint density at radius 1 is 1.21 bits per heavy atom. The molecule has 2 aromatic rings. The van der Waals surface area contributed by atoms with Crippen LogP contribution in [0.4, 0.5) is 19.0 Å². The number of nitrogens with zero attached hydrogens (tertiary/aromatic N) is 5. The van der Waals surface area contributed by atoms with E-state index in [1.54, 1.807) is 9.80 Å². The van der Waals surface area contributed by atoms with Crippen molar-refractivity contribution in [1.82, 2.24) is 19.7 Å². The van der Waals surface area contributed by atoms with E-state index in [1.165, 1.54) is 18.3 Å². The summed E-state index contributed by atoms with van der Waals surface area (Å²) < 4.78 is 40.0. The second kappa shape index (κ2) is 6.92. The molecule has 2 fully saturated rings. The second-order valence-electron chi connectivity index (χ2n) is 7.03. The van der Waals surface area contributed by atoms with Crippen LogP contribution in [0.2, 0.25) is 0 Å². The van der Waals surface area contributed by atoms with Crippen molar-refractivity contribution in [3.05, 3.63) is 52.6 Å². The number of fused-ring (bicyclic) bond motifs is 1. The predicted molar refractivity (Wildman–Crippen MR) is 93.6 cm³/mol. The van der Waals surface area contributed by atoms with Gasteiger partial charge >= 0.3 is 6.18 Å². The Balaban J connectivity index is 1.48. The lowest BCUT2D eigenvalue weighted by molar-refractivity contribution is -0.137. The molecule has 4 rings (SSSR count). The molecule has 0 aliphatic carbocycles. The fraction of sp³-hybridized carbons (Fsp3) is 0.444. The van der Waals surface area contributed by atoms with Crippen LogP contribution in [0, 0.1) is 5.92 Å². The highest BCUT2D eigenvalue weighted by Crippen LogP contribution is 2.36. The van der Waals surface area contributed by atoms with Crippen LogP contribution in [-0.2, 0) is 17.5 Å². The zero-order valence-electron chi connectivity index (χ0n) is 14.8. The highest BCUT2D eigenvalue weighted by molar-refractivity contribution is 5.77. The molecule has 28 heavy (non-hydrogen) atoms.